The van der Waals surface area contributed by atoms with E-state index in [2.05, 4.69) is 9.88 Å². The summed E-state index contributed by atoms with van der Waals surface area (Å²) in [6.45, 7) is 2.75. The fraction of sp³-hybridized carbons (Fsp3) is 0.238. The summed E-state index contributed by atoms with van der Waals surface area (Å²) in [5.74, 6) is 0.632. The molecule has 6 nitrogen and oxygen atoms in total. The van der Waals surface area contributed by atoms with E-state index in [1.165, 1.54) is 0 Å². The molecule has 1 aliphatic heterocycles. The Hall–Kier alpha value is -3.12. The summed E-state index contributed by atoms with van der Waals surface area (Å²) < 4.78 is 5.37. The third kappa shape index (κ3) is 3.85. The Bertz CT molecular complexity index is 943. The van der Waals surface area contributed by atoms with Gasteiger partial charge in [-0.15, -0.1) is 0 Å². The number of para-hydroxylation sites is 2. The number of hydrogen-bond acceptors (Lipinski definition) is 4. The largest absolute Gasteiger partial charge is 0.415 e. The van der Waals surface area contributed by atoms with Crippen molar-refractivity contribution in [1.29, 1.82) is 0 Å². The van der Waals surface area contributed by atoms with Gasteiger partial charge in [-0.1, -0.05) is 36.4 Å². The number of amides is 1. The lowest BCUT2D eigenvalue weighted by Gasteiger charge is -2.33. The Morgan fingerprint density at radius 2 is 1.63 bits per heavy atom. The van der Waals surface area contributed by atoms with Crippen molar-refractivity contribution in [1.82, 2.24) is 14.8 Å². The van der Waals surface area contributed by atoms with Crippen LogP contribution in [-0.4, -0.2) is 59.4 Å². The molecular formula is C21H21N3O3. The molecule has 138 valence electrons. The molecule has 1 fully saturated rings. The van der Waals surface area contributed by atoms with Gasteiger partial charge in [-0.3, -0.25) is 9.69 Å². The van der Waals surface area contributed by atoms with Gasteiger partial charge in [0, 0.05) is 48.8 Å². The summed E-state index contributed by atoms with van der Waals surface area (Å²) in [6, 6.07) is 16.8. The van der Waals surface area contributed by atoms with Gasteiger partial charge in [-0.2, -0.15) is 0 Å². The molecule has 1 N–H and O–H groups in total. The molecule has 3 aromatic rings. The monoisotopic (exact) mass is 363 g/mol. The van der Waals surface area contributed by atoms with Gasteiger partial charge in [-0.05, 0) is 18.2 Å². The average molecular weight is 363 g/mol. The molecule has 0 spiro atoms. The first-order valence-corrected chi connectivity index (χ1v) is 9.04. The smallest absolute Gasteiger partial charge is 0.410 e. The molecule has 0 bridgehead atoms. The van der Waals surface area contributed by atoms with E-state index in [-0.39, 0.29) is 11.9 Å². The molecule has 1 aliphatic rings. The zero-order valence-electron chi connectivity index (χ0n) is 14.9. The van der Waals surface area contributed by atoms with E-state index in [9.17, 15) is 9.59 Å². The number of nitrogens with zero attached hydrogens (tertiary/aromatic N) is 2. The molecule has 1 aromatic heterocycles. The van der Waals surface area contributed by atoms with Gasteiger partial charge in [0.05, 0.1) is 6.54 Å². The van der Waals surface area contributed by atoms with Gasteiger partial charge in [0.15, 0.2) is 5.78 Å². The Morgan fingerprint density at radius 1 is 0.926 bits per heavy atom. The van der Waals surface area contributed by atoms with E-state index in [4.69, 9.17) is 4.74 Å². The van der Waals surface area contributed by atoms with Gasteiger partial charge in [0.2, 0.25) is 0 Å². The summed E-state index contributed by atoms with van der Waals surface area (Å²) in [5.41, 5.74) is 1.69. The van der Waals surface area contributed by atoms with Crippen LogP contribution in [0.3, 0.4) is 0 Å². The van der Waals surface area contributed by atoms with E-state index >= 15 is 0 Å². The minimum Gasteiger partial charge on any atom is -0.410 e. The van der Waals surface area contributed by atoms with Crippen LogP contribution >= 0.6 is 0 Å². The van der Waals surface area contributed by atoms with Crippen molar-refractivity contribution in [2.24, 2.45) is 0 Å². The van der Waals surface area contributed by atoms with Crippen LogP contribution in [0, 0.1) is 0 Å². The average Bonchev–Trinajstić information content (AvgIpc) is 3.13. The molecule has 4 rings (SSSR count). The molecule has 2 aromatic carbocycles. The number of ether oxygens (including phenoxy) is 1. The zero-order chi connectivity index (χ0) is 18.6. The van der Waals surface area contributed by atoms with Gasteiger partial charge in [0.1, 0.15) is 5.75 Å². The molecule has 0 aliphatic carbocycles. The first-order chi connectivity index (χ1) is 13.2. The summed E-state index contributed by atoms with van der Waals surface area (Å²) in [6.07, 6.45) is 1.43. The van der Waals surface area contributed by atoms with E-state index in [0.717, 1.165) is 16.5 Å². The Labute approximate surface area is 157 Å². The third-order valence-electron chi connectivity index (χ3n) is 4.84. The third-order valence-corrected chi connectivity index (χ3v) is 4.84. The second-order valence-electron chi connectivity index (χ2n) is 6.62. The first-order valence-electron chi connectivity index (χ1n) is 9.04. The van der Waals surface area contributed by atoms with Crippen molar-refractivity contribution < 1.29 is 14.3 Å². The fourth-order valence-electron chi connectivity index (χ4n) is 3.33. The molecule has 1 amide bonds. The highest BCUT2D eigenvalue weighted by molar-refractivity contribution is 6.08. The summed E-state index contributed by atoms with van der Waals surface area (Å²) in [5, 5.41) is 0.951. The number of Topliss-reactive ketones (excluding diaryl/α,β-unsaturated/α-hetero) is 1. The number of ketones is 1. The molecule has 6 heteroatoms. The van der Waals surface area contributed by atoms with Gasteiger partial charge in [0.25, 0.3) is 0 Å². The molecule has 0 unspecified atom stereocenters. The number of benzene rings is 2. The number of fused-ring (bicyclic) bond motifs is 1. The maximum Gasteiger partial charge on any atom is 0.415 e. The first kappa shape index (κ1) is 17.3. The number of hydrogen-bond donors (Lipinski definition) is 1. The minimum atomic E-state index is -0.344. The topological polar surface area (TPSA) is 65.6 Å². The van der Waals surface area contributed by atoms with Crippen LogP contribution < -0.4 is 4.74 Å². The number of aromatic nitrogens is 1. The number of piperazine rings is 1. The number of H-pyrrole nitrogens is 1. The van der Waals surface area contributed by atoms with Gasteiger partial charge in [-0.25, -0.2) is 4.79 Å². The predicted molar refractivity (Wildman–Crippen MR) is 103 cm³/mol. The normalized spacial score (nSPS) is 15.0. The molecule has 0 radical (unpaired) electrons. The highest BCUT2D eigenvalue weighted by Crippen LogP contribution is 2.19. The second kappa shape index (κ2) is 7.63. The summed E-state index contributed by atoms with van der Waals surface area (Å²) in [4.78, 5) is 31.8. The number of aromatic amines is 1. The van der Waals surface area contributed by atoms with Crippen LogP contribution in [0.15, 0.2) is 60.8 Å². The lowest BCUT2D eigenvalue weighted by molar-refractivity contribution is 0.0847. The maximum absolute atomic E-state index is 12.7. The Balaban J connectivity index is 1.31. The second-order valence-corrected chi connectivity index (χ2v) is 6.62. The predicted octanol–water partition coefficient (Wildman–Crippen LogP) is 3.17. The van der Waals surface area contributed by atoms with Crippen LogP contribution in [0.1, 0.15) is 10.4 Å². The minimum absolute atomic E-state index is 0.0905. The standard InChI is InChI=1S/C21H21N3O3/c25-20(18-14-22-19-9-5-4-8-17(18)19)15-23-10-12-24(13-11-23)21(26)27-16-6-2-1-3-7-16/h1-9,14,22H,10-13,15H2. The Morgan fingerprint density at radius 3 is 2.41 bits per heavy atom. The van der Waals surface area contributed by atoms with Gasteiger partial charge < -0.3 is 14.6 Å². The SMILES string of the molecule is O=C(CN1CCN(C(=O)Oc2ccccc2)CC1)c1c[nH]c2ccccc12. The van der Waals surface area contributed by atoms with E-state index < -0.39 is 0 Å². The lowest BCUT2D eigenvalue weighted by Crippen LogP contribution is -2.50. The number of carbonyl (C=O) groups excluding carboxylic acids is 2. The van der Waals surface area contributed by atoms with Crippen LogP contribution in [0.5, 0.6) is 5.75 Å². The molecular weight excluding hydrogens is 342 g/mol. The number of nitrogens with one attached hydrogen (secondary N) is 1. The van der Waals surface area contributed by atoms with Crippen LogP contribution in [0.2, 0.25) is 0 Å². The molecule has 1 saturated heterocycles. The van der Waals surface area contributed by atoms with E-state index in [1.807, 2.05) is 42.5 Å². The summed E-state index contributed by atoms with van der Waals surface area (Å²) in [7, 11) is 0. The van der Waals surface area contributed by atoms with E-state index in [0.29, 0.717) is 38.5 Å². The summed E-state index contributed by atoms with van der Waals surface area (Å²) >= 11 is 0. The quantitative estimate of drug-likeness (QED) is 0.723. The van der Waals surface area contributed by atoms with Crippen LogP contribution in [0.25, 0.3) is 10.9 Å². The van der Waals surface area contributed by atoms with Crippen molar-refractivity contribution in [2.75, 3.05) is 32.7 Å². The molecule has 0 atom stereocenters. The van der Waals surface area contributed by atoms with E-state index in [1.54, 1.807) is 23.2 Å². The molecule has 27 heavy (non-hydrogen) atoms. The van der Waals surface area contributed by atoms with Crippen molar-refractivity contribution in [3.05, 3.63) is 66.4 Å². The number of carbonyl (C=O) groups is 2. The van der Waals surface area contributed by atoms with Crippen molar-refractivity contribution >= 4 is 22.8 Å². The van der Waals surface area contributed by atoms with Gasteiger partial charge >= 0.3 is 6.09 Å². The molecule has 2 heterocycles. The van der Waals surface area contributed by atoms with Crippen molar-refractivity contribution in [3.63, 3.8) is 0 Å². The Kier molecular flexibility index (Phi) is 4.89. The van der Waals surface area contributed by atoms with Crippen molar-refractivity contribution in [3.8, 4) is 5.75 Å². The number of rotatable bonds is 4. The van der Waals surface area contributed by atoms with Crippen LogP contribution in [0.4, 0.5) is 4.79 Å². The maximum atomic E-state index is 12.7. The van der Waals surface area contributed by atoms with Crippen LogP contribution in [-0.2, 0) is 0 Å². The molecule has 0 saturated carbocycles. The highest BCUT2D eigenvalue weighted by atomic mass is 16.6. The highest BCUT2D eigenvalue weighted by Gasteiger charge is 2.24. The van der Waals surface area contributed by atoms with Crippen molar-refractivity contribution in [2.45, 2.75) is 0 Å². The fourth-order valence-corrected chi connectivity index (χ4v) is 3.33. The zero-order valence-corrected chi connectivity index (χ0v) is 14.9. The lowest BCUT2D eigenvalue weighted by atomic mass is 10.1.